The van der Waals surface area contributed by atoms with Gasteiger partial charge in [-0.25, -0.2) is 4.98 Å². The molecule has 194 valence electrons. The summed E-state index contributed by atoms with van der Waals surface area (Å²) in [5, 5.41) is 9.91. The Hall–Kier alpha value is -3.07. The van der Waals surface area contributed by atoms with Crippen molar-refractivity contribution in [3.8, 4) is 5.75 Å². The molecule has 3 fully saturated rings. The lowest BCUT2D eigenvalue weighted by molar-refractivity contribution is -0.127. The highest BCUT2D eigenvalue weighted by Gasteiger charge is 2.28. The molecule has 36 heavy (non-hydrogen) atoms. The number of carbonyl (C=O) groups is 1. The van der Waals surface area contributed by atoms with Crippen LogP contribution >= 0.6 is 0 Å². The number of likely N-dealkylation sites (N-methyl/N-ethyl adjacent to an activating group) is 1. The Balaban J connectivity index is 1.21. The molecule has 3 aliphatic rings. The van der Waals surface area contributed by atoms with Crippen LogP contribution in [0.1, 0.15) is 50.0 Å². The number of amides is 1. The Kier molecular flexibility index (Phi) is 7.75. The first-order valence-corrected chi connectivity index (χ1v) is 13.4. The minimum absolute atomic E-state index is 0.209. The molecule has 1 aromatic carbocycles. The number of piperazine rings is 1. The molecule has 0 unspecified atom stereocenters. The maximum atomic E-state index is 12.0. The highest BCUT2D eigenvalue weighted by atomic mass is 16.5. The number of carbonyl (C=O) groups excluding carboxylic acids is 1. The van der Waals surface area contributed by atoms with Crippen molar-refractivity contribution in [2.24, 2.45) is 5.92 Å². The number of hydrogen-bond acceptors (Lipinski definition) is 8. The van der Waals surface area contributed by atoms with Crippen LogP contribution in [0.15, 0.2) is 24.4 Å². The van der Waals surface area contributed by atoms with Gasteiger partial charge in [-0.15, -0.1) is 0 Å². The molecule has 5 rings (SSSR count). The van der Waals surface area contributed by atoms with E-state index < -0.39 is 0 Å². The number of anilines is 4. The van der Waals surface area contributed by atoms with E-state index in [0.717, 1.165) is 69.2 Å². The van der Waals surface area contributed by atoms with E-state index >= 15 is 0 Å². The minimum atomic E-state index is 0.209. The van der Waals surface area contributed by atoms with Gasteiger partial charge in [-0.05, 0) is 57.2 Å². The van der Waals surface area contributed by atoms with E-state index in [-0.39, 0.29) is 11.8 Å². The second kappa shape index (κ2) is 11.3. The summed E-state index contributed by atoms with van der Waals surface area (Å²) in [6.07, 6.45) is 8.42. The van der Waals surface area contributed by atoms with Crippen LogP contribution in [-0.4, -0.2) is 74.2 Å². The molecule has 0 atom stereocenters. The zero-order valence-electron chi connectivity index (χ0n) is 21.6. The maximum Gasteiger partial charge on any atom is 0.229 e. The average Bonchev–Trinajstić information content (AvgIpc) is 3.69. The number of ether oxygens (including phenoxy) is 1. The van der Waals surface area contributed by atoms with Gasteiger partial charge in [0.05, 0.1) is 12.8 Å². The van der Waals surface area contributed by atoms with Crippen LogP contribution in [-0.2, 0) is 4.79 Å². The van der Waals surface area contributed by atoms with Gasteiger partial charge in [0.2, 0.25) is 11.9 Å². The molecule has 0 bridgehead atoms. The Labute approximate surface area is 214 Å². The Morgan fingerprint density at radius 3 is 2.61 bits per heavy atom. The second-order valence-corrected chi connectivity index (χ2v) is 10.3. The van der Waals surface area contributed by atoms with Gasteiger partial charge < -0.3 is 30.5 Å². The number of nitrogens with one attached hydrogen (secondary N) is 3. The zero-order chi connectivity index (χ0) is 24.9. The molecule has 2 heterocycles. The second-order valence-electron chi connectivity index (χ2n) is 10.3. The number of benzene rings is 1. The molecule has 1 saturated heterocycles. The average molecular weight is 494 g/mol. The van der Waals surface area contributed by atoms with Crippen LogP contribution in [0.25, 0.3) is 0 Å². The Bertz CT molecular complexity index is 1050. The standard InChI is InChI=1S/C27H39N7O2/c1-33-13-15-34(16-14-33)21-9-10-23(24(17-21)36-2)31-27-30-18-22(19-7-8-19)25(32-27)28-11-4-12-29-26(35)20-5-3-6-20/h9-10,17-20H,3-8,11-16H2,1-2H3,(H,29,35)(H2,28,30,31,32). The number of aromatic nitrogens is 2. The summed E-state index contributed by atoms with van der Waals surface area (Å²) in [5.41, 5.74) is 3.19. The first-order chi connectivity index (χ1) is 17.6. The van der Waals surface area contributed by atoms with Gasteiger partial charge in [0.25, 0.3) is 0 Å². The molecule has 2 saturated carbocycles. The van der Waals surface area contributed by atoms with E-state index in [2.05, 4.69) is 49.9 Å². The van der Waals surface area contributed by atoms with Crippen molar-refractivity contribution in [2.45, 2.75) is 44.4 Å². The lowest BCUT2D eigenvalue weighted by Gasteiger charge is -2.34. The Morgan fingerprint density at radius 1 is 1.11 bits per heavy atom. The lowest BCUT2D eigenvalue weighted by atomic mass is 9.85. The van der Waals surface area contributed by atoms with Crippen molar-refractivity contribution >= 4 is 29.0 Å². The van der Waals surface area contributed by atoms with Crippen LogP contribution in [0.4, 0.5) is 23.1 Å². The largest absolute Gasteiger partial charge is 0.494 e. The highest BCUT2D eigenvalue weighted by molar-refractivity contribution is 5.79. The van der Waals surface area contributed by atoms with Crippen LogP contribution in [0.3, 0.4) is 0 Å². The summed E-state index contributed by atoms with van der Waals surface area (Å²) in [6, 6.07) is 6.26. The lowest BCUT2D eigenvalue weighted by Crippen LogP contribution is -2.44. The molecular formula is C27H39N7O2. The third kappa shape index (κ3) is 6.00. The van der Waals surface area contributed by atoms with E-state index in [0.29, 0.717) is 18.4 Å². The monoisotopic (exact) mass is 493 g/mol. The van der Waals surface area contributed by atoms with Gasteiger partial charge in [-0.2, -0.15) is 4.98 Å². The van der Waals surface area contributed by atoms with Crippen LogP contribution in [0, 0.1) is 5.92 Å². The predicted octanol–water partition coefficient (Wildman–Crippen LogP) is 3.58. The van der Waals surface area contributed by atoms with Gasteiger partial charge in [0.1, 0.15) is 11.6 Å². The number of rotatable bonds is 11. The first-order valence-electron chi connectivity index (χ1n) is 13.4. The van der Waals surface area contributed by atoms with Crippen molar-refractivity contribution in [1.29, 1.82) is 0 Å². The van der Waals surface area contributed by atoms with Gasteiger partial charge in [0, 0.05) is 68.7 Å². The summed E-state index contributed by atoms with van der Waals surface area (Å²) >= 11 is 0. The van der Waals surface area contributed by atoms with E-state index in [1.54, 1.807) is 7.11 Å². The van der Waals surface area contributed by atoms with Crippen molar-refractivity contribution in [1.82, 2.24) is 20.2 Å². The Morgan fingerprint density at radius 2 is 1.92 bits per heavy atom. The van der Waals surface area contributed by atoms with Gasteiger partial charge >= 0.3 is 0 Å². The number of methoxy groups -OCH3 is 1. The molecule has 9 heteroatoms. The topological polar surface area (TPSA) is 94.6 Å². The highest BCUT2D eigenvalue weighted by Crippen LogP contribution is 2.43. The number of hydrogen-bond donors (Lipinski definition) is 3. The summed E-state index contributed by atoms with van der Waals surface area (Å²) in [6.45, 7) is 5.59. The fraction of sp³-hybridized carbons (Fsp3) is 0.593. The molecule has 1 aromatic heterocycles. The number of nitrogens with zero attached hydrogens (tertiary/aromatic N) is 4. The molecule has 9 nitrogen and oxygen atoms in total. The third-order valence-electron chi connectivity index (χ3n) is 7.56. The molecule has 0 spiro atoms. The van der Waals surface area contributed by atoms with E-state index in [1.807, 2.05) is 12.3 Å². The summed E-state index contributed by atoms with van der Waals surface area (Å²) in [4.78, 5) is 26.2. The van der Waals surface area contributed by atoms with Crippen LogP contribution < -0.4 is 25.6 Å². The molecule has 1 aliphatic heterocycles. The van der Waals surface area contributed by atoms with Crippen LogP contribution in [0.2, 0.25) is 0 Å². The third-order valence-corrected chi connectivity index (χ3v) is 7.56. The van der Waals surface area contributed by atoms with Gasteiger partial charge in [-0.3, -0.25) is 4.79 Å². The molecule has 1 amide bonds. The van der Waals surface area contributed by atoms with Crippen molar-refractivity contribution in [2.75, 3.05) is 69.0 Å². The summed E-state index contributed by atoms with van der Waals surface area (Å²) in [5.74, 6) is 3.19. The summed E-state index contributed by atoms with van der Waals surface area (Å²) in [7, 11) is 3.86. The summed E-state index contributed by atoms with van der Waals surface area (Å²) < 4.78 is 5.71. The minimum Gasteiger partial charge on any atom is -0.494 e. The smallest absolute Gasteiger partial charge is 0.229 e. The molecular weight excluding hydrogens is 454 g/mol. The molecule has 2 aromatic rings. The van der Waals surface area contributed by atoms with Crippen molar-refractivity contribution in [3.63, 3.8) is 0 Å². The SMILES string of the molecule is COc1cc(N2CCN(C)CC2)ccc1Nc1ncc(C2CC2)c(NCCCNC(=O)C2CCC2)n1. The van der Waals surface area contributed by atoms with Gasteiger partial charge in [0.15, 0.2) is 0 Å². The molecule has 2 aliphatic carbocycles. The van der Waals surface area contributed by atoms with Crippen molar-refractivity contribution in [3.05, 3.63) is 30.0 Å². The zero-order valence-corrected chi connectivity index (χ0v) is 21.6. The maximum absolute atomic E-state index is 12.0. The fourth-order valence-electron chi connectivity index (χ4n) is 4.77. The normalized spacial score (nSPS) is 18.4. The molecule has 3 N–H and O–H groups in total. The fourth-order valence-corrected chi connectivity index (χ4v) is 4.77. The van der Waals surface area contributed by atoms with E-state index in [4.69, 9.17) is 9.72 Å². The first kappa shape index (κ1) is 24.6. The van der Waals surface area contributed by atoms with Crippen molar-refractivity contribution < 1.29 is 9.53 Å². The predicted molar refractivity (Wildman–Crippen MR) is 143 cm³/mol. The van der Waals surface area contributed by atoms with E-state index in [9.17, 15) is 4.79 Å². The quantitative estimate of drug-likeness (QED) is 0.409. The molecule has 0 radical (unpaired) electrons. The van der Waals surface area contributed by atoms with Gasteiger partial charge in [-0.1, -0.05) is 6.42 Å². The van der Waals surface area contributed by atoms with Crippen LogP contribution in [0.5, 0.6) is 5.75 Å². The van der Waals surface area contributed by atoms with E-state index in [1.165, 1.54) is 30.5 Å².